The van der Waals surface area contributed by atoms with Crippen LogP contribution >= 0.6 is 0 Å². The number of sulfonamides is 1. The van der Waals surface area contributed by atoms with E-state index in [4.69, 9.17) is 14.2 Å². The lowest BCUT2D eigenvalue weighted by Crippen LogP contribution is -2.52. The topological polar surface area (TPSA) is 114 Å². The van der Waals surface area contributed by atoms with Crippen molar-refractivity contribution in [2.45, 2.75) is 50.7 Å². The molecule has 42 heavy (non-hydrogen) atoms. The molecule has 0 unspecified atom stereocenters. The van der Waals surface area contributed by atoms with Gasteiger partial charge in [0.15, 0.2) is 11.5 Å². The molecule has 2 amide bonds. The molecule has 0 saturated heterocycles. The molecule has 0 bridgehead atoms. The van der Waals surface area contributed by atoms with Crippen LogP contribution in [0.15, 0.2) is 77.7 Å². The molecule has 0 aliphatic heterocycles. The van der Waals surface area contributed by atoms with Gasteiger partial charge >= 0.3 is 0 Å². The number of rotatable bonds is 14. The maximum atomic E-state index is 14.1. The highest BCUT2D eigenvalue weighted by Gasteiger charge is 2.33. The predicted molar refractivity (Wildman–Crippen MR) is 161 cm³/mol. The van der Waals surface area contributed by atoms with Crippen LogP contribution in [0.2, 0.25) is 0 Å². The minimum atomic E-state index is -4.21. The number of benzene rings is 3. The highest BCUT2D eigenvalue weighted by atomic mass is 32.2. The minimum absolute atomic E-state index is 0.0110. The van der Waals surface area contributed by atoms with Crippen molar-refractivity contribution in [2.75, 3.05) is 32.2 Å². The second-order valence-electron chi connectivity index (χ2n) is 9.73. The zero-order chi connectivity index (χ0) is 30.9. The van der Waals surface area contributed by atoms with Crippen molar-refractivity contribution < 1.29 is 32.2 Å². The third kappa shape index (κ3) is 7.73. The summed E-state index contributed by atoms with van der Waals surface area (Å²) in [5.74, 6) is 0.447. The molecule has 3 aromatic carbocycles. The Balaban J connectivity index is 2.06. The predicted octanol–water partition coefficient (Wildman–Crippen LogP) is 4.24. The smallest absolute Gasteiger partial charge is 0.264 e. The number of nitrogens with one attached hydrogen (secondary N) is 1. The van der Waals surface area contributed by atoms with E-state index in [-0.39, 0.29) is 29.1 Å². The molecule has 2 atom stereocenters. The summed E-state index contributed by atoms with van der Waals surface area (Å²) in [5, 5.41) is 2.92. The second kappa shape index (κ2) is 14.6. The van der Waals surface area contributed by atoms with Gasteiger partial charge in [0.05, 0.1) is 31.9 Å². The highest BCUT2D eigenvalue weighted by Crippen LogP contribution is 2.34. The van der Waals surface area contributed by atoms with Crippen molar-refractivity contribution in [2.24, 2.45) is 0 Å². The molecule has 3 aromatic rings. The fraction of sp³-hybridized carbons (Fsp3) is 0.355. The summed E-state index contributed by atoms with van der Waals surface area (Å²) >= 11 is 0. The first-order chi connectivity index (χ1) is 20.0. The molecule has 1 N–H and O–H groups in total. The van der Waals surface area contributed by atoms with Crippen LogP contribution in [-0.4, -0.2) is 65.1 Å². The first-order valence-electron chi connectivity index (χ1n) is 13.6. The summed E-state index contributed by atoms with van der Waals surface area (Å²) in [5.41, 5.74) is 0.946. The Kier molecular flexibility index (Phi) is 11.2. The average molecular weight is 598 g/mol. The standard InChI is InChI=1S/C31H39N3O7S/c1-7-22(2)32-31(36)23(3)33(20-24-13-16-26(39-4)17-14-24)30(35)21-34(42(37,38)27-11-9-8-10-12-27)25-15-18-28(40-5)29(19-25)41-6/h8-19,22-23H,7,20-21H2,1-6H3,(H,32,36)/t22-,23-/m1/s1. The first kappa shape index (κ1) is 32.3. The van der Waals surface area contributed by atoms with Crippen LogP contribution in [0, 0.1) is 0 Å². The molecule has 0 spiro atoms. The monoisotopic (exact) mass is 597 g/mol. The quantitative estimate of drug-likeness (QED) is 0.296. The van der Waals surface area contributed by atoms with Gasteiger partial charge in [-0.25, -0.2) is 8.42 Å². The molecule has 0 aromatic heterocycles. The Bertz CT molecular complexity index is 1450. The van der Waals surface area contributed by atoms with E-state index in [0.717, 1.165) is 9.87 Å². The SMILES string of the molecule is CC[C@@H](C)NC(=O)[C@@H](C)N(Cc1ccc(OC)cc1)C(=O)CN(c1ccc(OC)c(OC)c1)S(=O)(=O)c1ccccc1. The lowest BCUT2D eigenvalue weighted by Gasteiger charge is -2.32. The summed E-state index contributed by atoms with van der Waals surface area (Å²) in [6, 6.07) is 18.6. The highest BCUT2D eigenvalue weighted by molar-refractivity contribution is 7.92. The average Bonchev–Trinajstić information content (AvgIpc) is 3.02. The summed E-state index contributed by atoms with van der Waals surface area (Å²) in [4.78, 5) is 28.7. The largest absolute Gasteiger partial charge is 0.497 e. The third-order valence-electron chi connectivity index (χ3n) is 6.95. The Hall–Kier alpha value is -4.25. The molecule has 11 heteroatoms. The van der Waals surface area contributed by atoms with Crippen LogP contribution in [-0.2, 0) is 26.2 Å². The maximum Gasteiger partial charge on any atom is 0.264 e. The molecule has 10 nitrogen and oxygen atoms in total. The summed E-state index contributed by atoms with van der Waals surface area (Å²) in [6.45, 7) is 4.97. The number of carbonyl (C=O) groups excluding carboxylic acids is 2. The molecule has 0 heterocycles. The van der Waals surface area contributed by atoms with Gasteiger partial charge in [0.25, 0.3) is 10.0 Å². The van der Waals surface area contributed by atoms with E-state index in [2.05, 4.69) is 5.32 Å². The molecule has 0 fully saturated rings. The van der Waals surface area contributed by atoms with Gasteiger partial charge in [-0.2, -0.15) is 0 Å². The molecule has 0 saturated carbocycles. The Labute approximate surface area is 248 Å². The van der Waals surface area contributed by atoms with Gasteiger partial charge in [-0.3, -0.25) is 13.9 Å². The van der Waals surface area contributed by atoms with Gasteiger partial charge in [0.2, 0.25) is 11.8 Å². The molecule has 0 radical (unpaired) electrons. The minimum Gasteiger partial charge on any atom is -0.497 e. The molecule has 3 rings (SSSR count). The van der Waals surface area contributed by atoms with Crippen molar-refractivity contribution in [3.63, 3.8) is 0 Å². The van der Waals surface area contributed by atoms with E-state index < -0.39 is 28.5 Å². The first-order valence-corrected chi connectivity index (χ1v) is 15.0. The lowest BCUT2D eigenvalue weighted by molar-refractivity contribution is -0.139. The zero-order valence-corrected chi connectivity index (χ0v) is 25.7. The Morgan fingerprint density at radius 1 is 0.857 bits per heavy atom. The molecular formula is C31H39N3O7S. The lowest BCUT2D eigenvalue weighted by atomic mass is 10.1. The molecule has 0 aliphatic carbocycles. The van der Waals surface area contributed by atoms with Crippen LogP contribution in [0.3, 0.4) is 0 Å². The third-order valence-corrected chi connectivity index (χ3v) is 8.73. The van der Waals surface area contributed by atoms with E-state index in [9.17, 15) is 18.0 Å². The van der Waals surface area contributed by atoms with Gasteiger partial charge in [0, 0.05) is 18.7 Å². The Morgan fingerprint density at radius 2 is 1.50 bits per heavy atom. The number of carbonyl (C=O) groups is 2. The summed E-state index contributed by atoms with van der Waals surface area (Å²) in [6.07, 6.45) is 0.716. The number of hydrogen-bond donors (Lipinski definition) is 1. The van der Waals surface area contributed by atoms with Gasteiger partial charge in [-0.1, -0.05) is 37.3 Å². The van der Waals surface area contributed by atoms with Crippen LogP contribution in [0.5, 0.6) is 17.2 Å². The van der Waals surface area contributed by atoms with Crippen molar-refractivity contribution in [1.82, 2.24) is 10.2 Å². The fourth-order valence-corrected chi connectivity index (χ4v) is 5.63. The van der Waals surface area contributed by atoms with E-state index in [0.29, 0.717) is 23.7 Å². The van der Waals surface area contributed by atoms with Crippen LogP contribution in [0.4, 0.5) is 5.69 Å². The van der Waals surface area contributed by atoms with E-state index in [1.54, 1.807) is 68.6 Å². The maximum absolute atomic E-state index is 14.1. The normalized spacial score (nSPS) is 12.5. The number of methoxy groups -OCH3 is 3. The van der Waals surface area contributed by atoms with E-state index in [1.807, 2.05) is 13.8 Å². The van der Waals surface area contributed by atoms with Gasteiger partial charge < -0.3 is 24.4 Å². The number of hydrogen-bond acceptors (Lipinski definition) is 7. The number of anilines is 1. The number of nitrogens with zero attached hydrogens (tertiary/aromatic N) is 2. The fourth-order valence-electron chi connectivity index (χ4n) is 4.20. The number of ether oxygens (including phenoxy) is 3. The van der Waals surface area contributed by atoms with E-state index in [1.165, 1.54) is 37.3 Å². The molecule has 226 valence electrons. The van der Waals surface area contributed by atoms with Crippen molar-refractivity contribution in [1.29, 1.82) is 0 Å². The van der Waals surface area contributed by atoms with Crippen LogP contribution in [0.25, 0.3) is 0 Å². The van der Waals surface area contributed by atoms with Gasteiger partial charge in [-0.15, -0.1) is 0 Å². The molecular weight excluding hydrogens is 558 g/mol. The summed E-state index contributed by atoms with van der Waals surface area (Å²) < 4.78 is 44.9. The van der Waals surface area contributed by atoms with Crippen LogP contribution in [0.1, 0.15) is 32.8 Å². The Morgan fingerprint density at radius 3 is 2.07 bits per heavy atom. The van der Waals surface area contributed by atoms with Crippen molar-refractivity contribution in [3.05, 3.63) is 78.4 Å². The second-order valence-corrected chi connectivity index (χ2v) is 11.6. The van der Waals surface area contributed by atoms with Gasteiger partial charge in [0.1, 0.15) is 18.3 Å². The zero-order valence-electron chi connectivity index (χ0n) is 24.9. The van der Waals surface area contributed by atoms with Crippen LogP contribution < -0.4 is 23.8 Å². The van der Waals surface area contributed by atoms with E-state index >= 15 is 0 Å². The van der Waals surface area contributed by atoms with Crippen molar-refractivity contribution in [3.8, 4) is 17.2 Å². The van der Waals surface area contributed by atoms with Crippen molar-refractivity contribution >= 4 is 27.5 Å². The number of amides is 2. The summed E-state index contributed by atoms with van der Waals surface area (Å²) in [7, 11) is 0.268. The molecule has 0 aliphatic rings. The van der Waals surface area contributed by atoms with Gasteiger partial charge in [-0.05, 0) is 62.2 Å².